The number of hydrogen-bond donors (Lipinski definition) is 2. The van der Waals surface area contributed by atoms with Crippen molar-refractivity contribution in [3.05, 3.63) is 68.2 Å². The standard InChI is InChI=1S/C18H15BrN4O5/c19-12-6-11(16(24)14(7-12)23(27)28)8-21-22-18(26)15-13(9-20-17(15)25)10-4-2-1-3-5-10/h1-8,13,15,24H,9H2,(H,20,25)(H,22,26)/p-1/t13-,15-/m0/s1. The Balaban J connectivity index is 1.76. The fourth-order valence-electron chi connectivity index (χ4n) is 3.00. The molecule has 2 N–H and O–H groups in total. The number of benzene rings is 2. The number of hydrogen-bond acceptors (Lipinski definition) is 6. The molecule has 1 heterocycles. The molecule has 2 aromatic carbocycles. The average Bonchev–Trinajstić information content (AvgIpc) is 3.06. The molecule has 144 valence electrons. The van der Waals surface area contributed by atoms with Gasteiger partial charge in [0.1, 0.15) is 5.92 Å². The Labute approximate surface area is 167 Å². The number of halogens is 1. The third-order valence-corrected chi connectivity index (χ3v) is 4.79. The molecule has 1 aliphatic rings. The van der Waals surface area contributed by atoms with Gasteiger partial charge in [-0.1, -0.05) is 46.3 Å². The van der Waals surface area contributed by atoms with Gasteiger partial charge in [-0.05, 0) is 22.9 Å². The summed E-state index contributed by atoms with van der Waals surface area (Å²) in [5.41, 5.74) is 2.40. The summed E-state index contributed by atoms with van der Waals surface area (Å²) in [6.07, 6.45) is 1.02. The molecule has 0 radical (unpaired) electrons. The zero-order chi connectivity index (χ0) is 20.3. The number of carbonyl (C=O) groups is 2. The quantitative estimate of drug-likeness (QED) is 0.310. The number of nitro groups is 1. The summed E-state index contributed by atoms with van der Waals surface area (Å²) in [7, 11) is 0. The van der Waals surface area contributed by atoms with Crippen LogP contribution in [0.2, 0.25) is 0 Å². The average molecular weight is 446 g/mol. The first kappa shape index (κ1) is 19.5. The van der Waals surface area contributed by atoms with Gasteiger partial charge in [0, 0.05) is 23.0 Å². The van der Waals surface area contributed by atoms with Crippen LogP contribution in [0.25, 0.3) is 0 Å². The fourth-order valence-corrected chi connectivity index (χ4v) is 3.46. The molecule has 2 amide bonds. The van der Waals surface area contributed by atoms with Gasteiger partial charge >= 0.3 is 0 Å². The minimum Gasteiger partial charge on any atom is -0.867 e. The van der Waals surface area contributed by atoms with E-state index in [9.17, 15) is 24.8 Å². The number of hydrazone groups is 1. The maximum Gasteiger partial charge on any atom is 0.263 e. The van der Waals surface area contributed by atoms with Gasteiger partial charge in [0.15, 0.2) is 0 Å². The van der Waals surface area contributed by atoms with Crippen molar-refractivity contribution in [1.82, 2.24) is 10.7 Å². The second-order valence-electron chi connectivity index (χ2n) is 6.07. The van der Waals surface area contributed by atoms with Crippen LogP contribution in [0.4, 0.5) is 5.69 Å². The lowest BCUT2D eigenvalue weighted by Gasteiger charge is -2.15. The third kappa shape index (κ3) is 4.01. The summed E-state index contributed by atoms with van der Waals surface area (Å²) >= 11 is 3.09. The highest BCUT2D eigenvalue weighted by atomic mass is 79.9. The van der Waals surface area contributed by atoms with Crippen LogP contribution in [-0.4, -0.2) is 29.5 Å². The molecule has 0 unspecified atom stereocenters. The molecule has 3 rings (SSSR count). The first-order valence-electron chi connectivity index (χ1n) is 8.19. The lowest BCUT2D eigenvalue weighted by Crippen LogP contribution is -2.34. The number of amides is 2. The lowest BCUT2D eigenvalue weighted by atomic mass is 9.88. The first-order chi connectivity index (χ1) is 13.4. The highest BCUT2D eigenvalue weighted by Gasteiger charge is 2.40. The predicted molar refractivity (Wildman–Crippen MR) is 102 cm³/mol. The Morgan fingerprint density at radius 2 is 2.04 bits per heavy atom. The number of nitro benzene ring substituents is 1. The molecule has 0 aliphatic carbocycles. The molecular weight excluding hydrogens is 432 g/mol. The van der Waals surface area contributed by atoms with Crippen LogP contribution in [0.5, 0.6) is 5.75 Å². The summed E-state index contributed by atoms with van der Waals surface area (Å²) in [5.74, 6) is -3.18. The van der Waals surface area contributed by atoms with Gasteiger partial charge in [-0.15, -0.1) is 0 Å². The SMILES string of the molecule is O=C1NC[C@@H](c2ccccc2)[C@@H]1C(=O)NN=Cc1cc(Br)cc([N+](=O)[O-])c1[O-]. The smallest absolute Gasteiger partial charge is 0.263 e. The summed E-state index contributed by atoms with van der Waals surface area (Å²) < 4.78 is 0.325. The van der Waals surface area contributed by atoms with Gasteiger partial charge in [-0.2, -0.15) is 5.10 Å². The van der Waals surface area contributed by atoms with Crippen LogP contribution in [0.3, 0.4) is 0 Å². The van der Waals surface area contributed by atoms with E-state index in [-0.39, 0.29) is 11.5 Å². The number of rotatable bonds is 5. The van der Waals surface area contributed by atoms with E-state index in [2.05, 4.69) is 31.8 Å². The first-order valence-corrected chi connectivity index (χ1v) is 8.98. The summed E-state index contributed by atoms with van der Waals surface area (Å²) in [6, 6.07) is 11.6. The highest BCUT2D eigenvalue weighted by molar-refractivity contribution is 9.10. The topological polar surface area (TPSA) is 137 Å². The van der Waals surface area contributed by atoms with Crippen molar-refractivity contribution in [2.75, 3.05) is 6.54 Å². The zero-order valence-corrected chi connectivity index (χ0v) is 15.9. The maximum atomic E-state index is 12.5. The molecule has 1 fully saturated rings. The number of nitrogens with zero attached hydrogens (tertiary/aromatic N) is 2. The van der Waals surface area contributed by atoms with Crippen molar-refractivity contribution in [3.8, 4) is 5.75 Å². The number of carbonyl (C=O) groups excluding carboxylic acids is 2. The van der Waals surface area contributed by atoms with Crippen molar-refractivity contribution in [2.24, 2.45) is 11.0 Å². The number of nitrogens with one attached hydrogen (secondary N) is 2. The fraction of sp³-hybridized carbons (Fsp3) is 0.167. The molecule has 2 atom stereocenters. The second-order valence-corrected chi connectivity index (χ2v) is 6.99. The van der Waals surface area contributed by atoms with Gasteiger partial charge in [0.05, 0.1) is 11.1 Å². The van der Waals surface area contributed by atoms with Crippen LogP contribution >= 0.6 is 15.9 Å². The van der Waals surface area contributed by atoms with E-state index in [0.29, 0.717) is 11.0 Å². The third-order valence-electron chi connectivity index (χ3n) is 4.33. The van der Waals surface area contributed by atoms with E-state index in [1.807, 2.05) is 30.3 Å². The largest absolute Gasteiger partial charge is 0.867 e. The van der Waals surface area contributed by atoms with E-state index in [4.69, 9.17) is 0 Å². The summed E-state index contributed by atoms with van der Waals surface area (Å²) in [5, 5.41) is 29.3. The Morgan fingerprint density at radius 1 is 1.32 bits per heavy atom. The molecule has 2 aromatic rings. The van der Waals surface area contributed by atoms with E-state index in [1.54, 1.807) is 0 Å². The molecular formula is C18H14BrN4O5-. The van der Waals surface area contributed by atoms with Crippen molar-refractivity contribution < 1.29 is 19.6 Å². The molecule has 1 saturated heterocycles. The summed E-state index contributed by atoms with van der Waals surface area (Å²) in [6.45, 7) is 0.327. The Morgan fingerprint density at radius 3 is 2.71 bits per heavy atom. The van der Waals surface area contributed by atoms with Crippen LogP contribution in [0.15, 0.2) is 52.0 Å². The maximum absolute atomic E-state index is 12.5. The van der Waals surface area contributed by atoms with Crippen LogP contribution in [-0.2, 0) is 9.59 Å². The van der Waals surface area contributed by atoms with Crippen molar-refractivity contribution in [2.45, 2.75) is 5.92 Å². The lowest BCUT2D eigenvalue weighted by molar-refractivity contribution is -0.398. The molecule has 0 saturated carbocycles. The van der Waals surface area contributed by atoms with Crippen molar-refractivity contribution >= 4 is 39.6 Å². The zero-order valence-electron chi connectivity index (χ0n) is 14.3. The van der Waals surface area contributed by atoms with E-state index >= 15 is 0 Å². The van der Waals surface area contributed by atoms with Crippen LogP contribution in [0.1, 0.15) is 17.0 Å². The van der Waals surface area contributed by atoms with Gasteiger partial charge in [0.25, 0.3) is 11.6 Å². The second kappa shape index (κ2) is 8.17. The monoisotopic (exact) mass is 445 g/mol. The molecule has 0 aromatic heterocycles. The molecule has 0 spiro atoms. The Hall–Kier alpha value is -3.27. The van der Waals surface area contributed by atoms with E-state index < -0.39 is 34.1 Å². The van der Waals surface area contributed by atoms with Gasteiger partial charge in [-0.25, -0.2) is 5.43 Å². The molecule has 0 bridgehead atoms. The molecule has 1 aliphatic heterocycles. The highest BCUT2D eigenvalue weighted by Crippen LogP contribution is 2.31. The predicted octanol–water partition coefficient (Wildman–Crippen LogP) is 1.41. The van der Waals surface area contributed by atoms with Crippen LogP contribution in [0, 0.1) is 16.0 Å². The normalized spacial score (nSPS) is 18.8. The van der Waals surface area contributed by atoms with Crippen LogP contribution < -0.4 is 15.8 Å². The molecule has 9 nitrogen and oxygen atoms in total. The van der Waals surface area contributed by atoms with E-state index in [1.165, 1.54) is 6.07 Å². The minimum atomic E-state index is -0.969. The van der Waals surface area contributed by atoms with E-state index in [0.717, 1.165) is 17.8 Å². The van der Waals surface area contributed by atoms with Crippen molar-refractivity contribution in [1.29, 1.82) is 0 Å². The minimum absolute atomic E-state index is 0.0724. The Bertz CT molecular complexity index is 964. The summed E-state index contributed by atoms with van der Waals surface area (Å²) in [4.78, 5) is 34.7. The van der Waals surface area contributed by atoms with Gasteiger partial charge in [-0.3, -0.25) is 19.7 Å². The molecule has 10 heteroatoms. The van der Waals surface area contributed by atoms with Crippen molar-refractivity contribution in [3.63, 3.8) is 0 Å². The molecule has 28 heavy (non-hydrogen) atoms. The van der Waals surface area contributed by atoms with Gasteiger partial charge < -0.3 is 10.4 Å². The van der Waals surface area contributed by atoms with Gasteiger partial charge in [0.2, 0.25) is 5.91 Å². The Kier molecular flexibility index (Phi) is 5.69.